The van der Waals surface area contributed by atoms with E-state index in [9.17, 15) is 44.4 Å². The van der Waals surface area contributed by atoms with E-state index in [-0.39, 0.29) is 96.8 Å². The highest BCUT2D eigenvalue weighted by Crippen LogP contribution is 2.43. The number of aromatic carboxylic acids is 1. The summed E-state index contributed by atoms with van der Waals surface area (Å²) in [4.78, 5) is 87.1. The summed E-state index contributed by atoms with van der Waals surface area (Å²) in [5.41, 5.74) is 14.0. The molecule has 3 aromatic heterocycles. The molecule has 0 unspecified atom stereocenters. The van der Waals surface area contributed by atoms with E-state index >= 15 is 0 Å². The standard InChI is InChI=1S/C52H62N16O10/c1-31(69)46(68-30-33(59-62-68)6-2-4-16-53)48(75)64-20-24-66(25-21-64)52-57-50(55-32-8-12-37(40(26-32)49(76)77)45-38-13-10-35(70)27-42(38)78-43-28-36(71)11-14-39(43)45)56-51(58-52)65-22-18-63(19-23-65)47(74)41(7-3-5-17-54)67-29-34(60-61-67)9-15-44(72)73/h8,10-14,26-31,41,46,69-70H,2-7,9,15-25,53-54H2,1H3,(H,72,73)(H,76,77)(H,55,56,57,58)/t31-,41+,46+/m1/s1. The molecule has 78 heavy (non-hydrogen) atoms. The predicted molar refractivity (Wildman–Crippen MR) is 285 cm³/mol. The average molecular weight is 1070 g/mol. The minimum atomic E-state index is -1.25. The molecular formula is C52H62N16O10. The highest BCUT2D eigenvalue weighted by atomic mass is 16.4. The Kier molecular flexibility index (Phi) is 16.8. The van der Waals surface area contributed by atoms with Crippen LogP contribution in [0.5, 0.6) is 5.75 Å². The molecule has 1 aliphatic carbocycles. The number of aromatic hydroxyl groups is 1. The summed E-state index contributed by atoms with van der Waals surface area (Å²) in [5.74, 6) is -1.96. The van der Waals surface area contributed by atoms with Crippen LogP contribution in [0.15, 0.2) is 76.2 Å². The summed E-state index contributed by atoms with van der Waals surface area (Å²) in [6, 6.07) is 11.8. The maximum Gasteiger partial charge on any atom is 0.336 e. The minimum absolute atomic E-state index is 0.0800. The first-order chi connectivity index (χ1) is 37.7. The summed E-state index contributed by atoms with van der Waals surface area (Å²) in [6.07, 6.45) is 6.35. The van der Waals surface area contributed by atoms with Gasteiger partial charge in [-0.25, -0.2) is 14.2 Å². The summed E-state index contributed by atoms with van der Waals surface area (Å²) in [5, 5.41) is 61.6. The monoisotopic (exact) mass is 1070 g/mol. The first kappa shape index (κ1) is 54.2. The molecule has 410 valence electrons. The molecule has 6 heterocycles. The molecule has 3 aliphatic heterocycles. The largest absolute Gasteiger partial charge is 0.508 e. The van der Waals surface area contributed by atoms with Gasteiger partial charge >= 0.3 is 11.9 Å². The van der Waals surface area contributed by atoms with E-state index in [1.54, 1.807) is 46.5 Å². The van der Waals surface area contributed by atoms with Gasteiger partial charge in [0.25, 0.3) is 0 Å². The summed E-state index contributed by atoms with van der Waals surface area (Å²) >= 11 is 0. The Morgan fingerprint density at radius 3 is 2.00 bits per heavy atom. The van der Waals surface area contributed by atoms with Gasteiger partial charge in [0, 0.05) is 106 Å². The highest BCUT2D eigenvalue weighted by Gasteiger charge is 2.35. The first-order valence-corrected chi connectivity index (χ1v) is 26.0. The maximum absolute atomic E-state index is 14.3. The molecule has 26 nitrogen and oxygen atoms in total. The number of nitrogens with two attached hydrogens (primary N) is 2. The number of hydrogen-bond donors (Lipinski definition) is 7. The Labute approximate surface area is 446 Å². The molecule has 0 saturated carbocycles. The molecule has 3 atom stereocenters. The number of anilines is 4. The number of aromatic nitrogens is 9. The van der Waals surface area contributed by atoms with Gasteiger partial charge in [-0.2, -0.15) is 15.0 Å². The molecule has 2 amide bonds. The smallest absolute Gasteiger partial charge is 0.336 e. The number of aryl methyl sites for hydroxylation is 2. The number of aliphatic hydroxyl groups is 1. The van der Waals surface area contributed by atoms with Crippen molar-refractivity contribution in [2.24, 2.45) is 11.5 Å². The van der Waals surface area contributed by atoms with E-state index in [0.29, 0.717) is 104 Å². The van der Waals surface area contributed by atoms with Gasteiger partial charge in [0.2, 0.25) is 29.7 Å². The van der Waals surface area contributed by atoms with Gasteiger partial charge in [-0.1, -0.05) is 16.5 Å². The quantitative estimate of drug-likeness (QED) is 0.0379. The Bertz CT molecular complexity index is 3310. The lowest BCUT2D eigenvalue weighted by molar-refractivity contribution is -0.139. The van der Waals surface area contributed by atoms with Crippen molar-refractivity contribution in [1.29, 1.82) is 0 Å². The van der Waals surface area contributed by atoms with Crippen LogP contribution in [0.4, 0.5) is 23.5 Å². The number of nitrogens with zero attached hydrogens (tertiary/aromatic N) is 13. The molecule has 4 aliphatic rings. The van der Waals surface area contributed by atoms with Crippen LogP contribution >= 0.6 is 0 Å². The van der Waals surface area contributed by atoms with Crippen LogP contribution in [-0.4, -0.2) is 170 Å². The van der Waals surface area contributed by atoms with Gasteiger partial charge in [-0.05, 0) is 100 Å². The average Bonchev–Trinajstić information content (AvgIpc) is 4.23. The first-order valence-electron chi connectivity index (χ1n) is 26.0. The van der Waals surface area contributed by atoms with E-state index in [2.05, 4.69) is 25.9 Å². The molecule has 2 aromatic carbocycles. The Morgan fingerprint density at radius 2 is 1.35 bits per heavy atom. The second-order valence-electron chi connectivity index (χ2n) is 19.4. The number of nitrogens with one attached hydrogen (secondary N) is 1. The lowest BCUT2D eigenvalue weighted by atomic mass is 9.90. The molecule has 9 N–H and O–H groups in total. The van der Waals surface area contributed by atoms with Gasteiger partial charge in [-0.15, -0.1) is 10.2 Å². The molecule has 0 bridgehead atoms. The number of aliphatic carboxylic acids is 1. The molecule has 9 rings (SSSR count). The lowest BCUT2D eigenvalue weighted by Crippen LogP contribution is -2.53. The number of piperazine rings is 2. The second-order valence-corrected chi connectivity index (χ2v) is 19.4. The van der Waals surface area contributed by atoms with Gasteiger partial charge in [-0.3, -0.25) is 19.2 Å². The predicted octanol–water partition coefficient (Wildman–Crippen LogP) is 2.67. The van der Waals surface area contributed by atoms with Crippen molar-refractivity contribution in [3.05, 3.63) is 94.2 Å². The number of carbonyl (C=O) groups excluding carboxylic acids is 2. The normalized spacial score (nSPS) is 15.2. The van der Waals surface area contributed by atoms with E-state index < -0.39 is 30.1 Å². The van der Waals surface area contributed by atoms with Crippen molar-refractivity contribution >= 4 is 58.3 Å². The number of aliphatic hydroxyl groups excluding tert-OH is 1. The fourth-order valence-corrected chi connectivity index (χ4v) is 9.86. The van der Waals surface area contributed by atoms with Crippen LogP contribution in [0.3, 0.4) is 0 Å². The molecule has 2 saturated heterocycles. The van der Waals surface area contributed by atoms with E-state index in [4.69, 9.17) is 30.8 Å². The van der Waals surface area contributed by atoms with Crippen LogP contribution < -0.4 is 32.0 Å². The molecule has 5 aromatic rings. The van der Waals surface area contributed by atoms with Crippen LogP contribution in [-0.2, 0) is 27.2 Å². The van der Waals surface area contributed by atoms with Crippen LogP contribution in [0.2, 0.25) is 0 Å². The second kappa shape index (κ2) is 24.2. The number of fused-ring (bicyclic) bond motifs is 2. The number of carbonyl (C=O) groups is 4. The third-order valence-corrected chi connectivity index (χ3v) is 13.9. The fourth-order valence-electron chi connectivity index (χ4n) is 9.86. The third kappa shape index (κ3) is 12.3. The Balaban J connectivity index is 0.992. The third-order valence-electron chi connectivity index (χ3n) is 13.9. The minimum Gasteiger partial charge on any atom is -0.508 e. The SMILES string of the molecule is C[C@@H](O)[C@@H](C(=O)N1CCN(c2nc(Nc3ccc(-c4c5ccc(=O)cc-5oc5cc(O)ccc45)c(C(=O)O)c3)nc(N3CCN(C(=O)[C@H](CCCCN)n4cc(CCC(=O)O)nn4)CC3)n2)CC1)n1cc(CCCCN)nn1. The number of unbranched alkanes of at least 4 members (excludes halogenated alkanes) is 2. The Morgan fingerprint density at radius 1 is 0.718 bits per heavy atom. The molecule has 26 heteroatoms. The molecule has 0 spiro atoms. The number of carboxylic acids is 2. The number of amides is 2. The number of phenols is 1. The topological polar surface area (TPSA) is 357 Å². The van der Waals surface area contributed by atoms with E-state index in [1.807, 2.05) is 9.80 Å². The lowest BCUT2D eigenvalue weighted by Gasteiger charge is -2.38. The number of rotatable bonds is 22. The van der Waals surface area contributed by atoms with Crippen molar-refractivity contribution in [3.8, 4) is 28.2 Å². The van der Waals surface area contributed by atoms with Crippen molar-refractivity contribution in [2.45, 2.75) is 76.5 Å². The van der Waals surface area contributed by atoms with Gasteiger partial charge in [0.15, 0.2) is 11.5 Å². The highest BCUT2D eigenvalue weighted by molar-refractivity contribution is 6.08. The summed E-state index contributed by atoms with van der Waals surface area (Å²) in [6.45, 7) is 4.85. The van der Waals surface area contributed by atoms with Gasteiger partial charge < -0.3 is 61.2 Å². The zero-order valence-electron chi connectivity index (χ0n) is 43.0. The van der Waals surface area contributed by atoms with Crippen molar-refractivity contribution in [2.75, 3.05) is 80.6 Å². The Hall–Kier alpha value is -8.62. The van der Waals surface area contributed by atoms with Crippen LogP contribution in [0.25, 0.3) is 33.4 Å². The number of carboxylic acid groups (broad SMARTS) is 2. The van der Waals surface area contributed by atoms with E-state index in [1.165, 1.54) is 46.6 Å². The van der Waals surface area contributed by atoms with Crippen LogP contribution in [0, 0.1) is 0 Å². The van der Waals surface area contributed by atoms with Crippen LogP contribution in [0.1, 0.15) is 79.3 Å². The summed E-state index contributed by atoms with van der Waals surface area (Å²) in [7, 11) is 0. The van der Waals surface area contributed by atoms with Crippen molar-refractivity contribution in [3.63, 3.8) is 0 Å². The zero-order chi connectivity index (χ0) is 55.0. The zero-order valence-corrected chi connectivity index (χ0v) is 43.0. The summed E-state index contributed by atoms with van der Waals surface area (Å²) < 4.78 is 8.93. The number of hydrogen-bond acceptors (Lipinski definition) is 20. The number of phenolic OH excluding ortho intramolecular Hbond substituents is 1. The van der Waals surface area contributed by atoms with Crippen molar-refractivity contribution < 1.29 is 44.0 Å². The van der Waals surface area contributed by atoms with Gasteiger partial charge in [0.05, 0.1) is 29.5 Å². The van der Waals surface area contributed by atoms with Crippen molar-refractivity contribution in [1.82, 2.24) is 54.7 Å². The molecule has 2 fully saturated rings. The molecule has 0 radical (unpaired) electrons. The maximum atomic E-state index is 14.3. The number of benzene rings is 3. The molecular weight excluding hydrogens is 1010 g/mol. The fraction of sp³-hybridized carbons (Fsp3) is 0.423. The van der Waals surface area contributed by atoms with Gasteiger partial charge in [0.1, 0.15) is 23.1 Å². The van der Waals surface area contributed by atoms with E-state index in [0.717, 1.165) is 12.8 Å².